The summed E-state index contributed by atoms with van der Waals surface area (Å²) in [5, 5.41) is 0.788. The zero-order valence-corrected chi connectivity index (χ0v) is 11.5. The number of halogens is 1. The summed E-state index contributed by atoms with van der Waals surface area (Å²) in [5.74, 6) is 2.48. The van der Waals surface area contributed by atoms with Crippen molar-refractivity contribution in [2.45, 2.75) is 12.5 Å². The SMILES string of the molecule is NCC(c1ccc(Cl)cc1)N1CCCSCC1. The molecule has 1 unspecified atom stereocenters. The maximum Gasteiger partial charge on any atom is 0.0470 e. The van der Waals surface area contributed by atoms with Crippen LogP contribution in [0.5, 0.6) is 0 Å². The van der Waals surface area contributed by atoms with E-state index in [9.17, 15) is 0 Å². The molecule has 0 aliphatic carbocycles. The Morgan fingerprint density at radius 3 is 2.71 bits per heavy atom. The molecule has 2 nitrogen and oxygen atoms in total. The average molecular weight is 271 g/mol. The van der Waals surface area contributed by atoms with Crippen LogP contribution in [0, 0.1) is 0 Å². The number of thioether (sulfide) groups is 1. The largest absolute Gasteiger partial charge is 0.329 e. The van der Waals surface area contributed by atoms with E-state index in [1.807, 2.05) is 23.9 Å². The Kier molecular flexibility index (Phi) is 5.16. The van der Waals surface area contributed by atoms with E-state index in [2.05, 4.69) is 17.0 Å². The highest BCUT2D eigenvalue weighted by Gasteiger charge is 2.19. The first-order valence-electron chi connectivity index (χ1n) is 6.08. The van der Waals surface area contributed by atoms with Crippen LogP contribution < -0.4 is 5.73 Å². The summed E-state index contributed by atoms with van der Waals surface area (Å²) in [6, 6.07) is 8.43. The van der Waals surface area contributed by atoms with Gasteiger partial charge in [0.25, 0.3) is 0 Å². The van der Waals surface area contributed by atoms with Gasteiger partial charge in [-0.25, -0.2) is 0 Å². The van der Waals surface area contributed by atoms with E-state index < -0.39 is 0 Å². The van der Waals surface area contributed by atoms with E-state index in [1.165, 1.54) is 23.5 Å². The van der Waals surface area contributed by atoms with Crippen molar-refractivity contribution in [3.8, 4) is 0 Å². The summed E-state index contributed by atoms with van der Waals surface area (Å²) in [7, 11) is 0. The number of rotatable bonds is 3. The molecule has 0 amide bonds. The lowest BCUT2D eigenvalue weighted by molar-refractivity contribution is 0.218. The molecule has 0 bridgehead atoms. The second-order valence-corrected chi connectivity index (χ2v) is 5.97. The van der Waals surface area contributed by atoms with E-state index in [1.54, 1.807) is 0 Å². The summed E-state index contributed by atoms with van der Waals surface area (Å²) in [5.41, 5.74) is 7.22. The molecule has 1 atom stereocenters. The molecule has 0 aromatic heterocycles. The summed E-state index contributed by atoms with van der Waals surface area (Å²) in [4.78, 5) is 2.50. The highest BCUT2D eigenvalue weighted by molar-refractivity contribution is 7.99. The minimum absolute atomic E-state index is 0.339. The molecule has 0 radical (unpaired) electrons. The lowest BCUT2D eigenvalue weighted by atomic mass is 10.1. The summed E-state index contributed by atoms with van der Waals surface area (Å²) in [6.07, 6.45) is 1.26. The Labute approximate surface area is 113 Å². The molecule has 1 fully saturated rings. The summed E-state index contributed by atoms with van der Waals surface area (Å²) >= 11 is 7.96. The summed E-state index contributed by atoms with van der Waals surface area (Å²) in [6.45, 7) is 2.96. The lowest BCUT2D eigenvalue weighted by Gasteiger charge is -2.29. The van der Waals surface area contributed by atoms with Gasteiger partial charge >= 0.3 is 0 Å². The number of hydrogen-bond donors (Lipinski definition) is 1. The van der Waals surface area contributed by atoms with Crippen LogP contribution >= 0.6 is 23.4 Å². The molecule has 1 aliphatic heterocycles. The van der Waals surface area contributed by atoms with Crippen LogP contribution in [0.4, 0.5) is 0 Å². The molecule has 0 spiro atoms. The van der Waals surface area contributed by atoms with Crippen molar-refractivity contribution in [1.29, 1.82) is 0 Å². The van der Waals surface area contributed by atoms with E-state index in [0.717, 1.165) is 18.1 Å². The molecular weight excluding hydrogens is 252 g/mol. The minimum atomic E-state index is 0.339. The minimum Gasteiger partial charge on any atom is -0.329 e. The van der Waals surface area contributed by atoms with Crippen LogP contribution in [0.25, 0.3) is 0 Å². The maximum atomic E-state index is 5.94. The molecule has 17 heavy (non-hydrogen) atoms. The Balaban J connectivity index is 2.11. The van der Waals surface area contributed by atoms with Gasteiger partial charge < -0.3 is 5.73 Å². The van der Waals surface area contributed by atoms with Crippen LogP contribution in [0.1, 0.15) is 18.0 Å². The van der Waals surface area contributed by atoms with Gasteiger partial charge in [0.15, 0.2) is 0 Å². The van der Waals surface area contributed by atoms with E-state index in [-0.39, 0.29) is 0 Å². The van der Waals surface area contributed by atoms with E-state index in [4.69, 9.17) is 17.3 Å². The molecule has 0 saturated carbocycles. The van der Waals surface area contributed by atoms with Crippen molar-refractivity contribution < 1.29 is 0 Å². The normalized spacial score (nSPS) is 19.9. The van der Waals surface area contributed by atoms with Crippen molar-refractivity contribution in [2.75, 3.05) is 31.1 Å². The Morgan fingerprint density at radius 1 is 1.24 bits per heavy atom. The van der Waals surface area contributed by atoms with Crippen LogP contribution in [-0.2, 0) is 0 Å². The topological polar surface area (TPSA) is 29.3 Å². The molecule has 2 N–H and O–H groups in total. The van der Waals surface area contributed by atoms with Gasteiger partial charge in [0.1, 0.15) is 0 Å². The van der Waals surface area contributed by atoms with Crippen LogP contribution in [0.2, 0.25) is 5.02 Å². The fraction of sp³-hybridized carbons (Fsp3) is 0.538. The third-order valence-electron chi connectivity index (χ3n) is 3.18. The molecule has 94 valence electrons. The standard InChI is InChI=1S/C13H19ClN2S/c14-12-4-2-11(3-5-12)13(10-15)16-6-1-8-17-9-7-16/h2-5,13H,1,6-10,15H2. The van der Waals surface area contributed by atoms with Gasteiger partial charge in [-0.15, -0.1) is 0 Å². The van der Waals surface area contributed by atoms with Crippen molar-refractivity contribution in [3.05, 3.63) is 34.9 Å². The predicted molar refractivity (Wildman–Crippen MR) is 76.8 cm³/mol. The molecule has 1 aromatic rings. The predicted octanol–water partition coefficient (Wildman–Crippen LogP) is 2.78. The molecular formula is C13H19ClN2S. The summed E-state index contributed by atoms with van der Waals surface area (Å²) < 4.78 is 0. The fourth-order valence-corrected chi connectivity index (χ4v) is 3.28. The Morgan fingerprint density at radius 2 is 2.00 bits per heavy atom. The Hall–Kier alpha value is -0.220. The number of nitrogens with two attached hydrogens (primary N) is 1. The Bertz CT molecular complexity index is 334. The average Bonchev–Trinajstić information content (AvgIpc) is 2.62. The van der Waals surface area contributed by atoms with Crippen molar-refractivity contribution in [1.82, 2.24) is 4.90 Å². The quantitative estimate of drug-likeness (QED) is 0.916. The van der Waals surface area contributed by atoms with Crippen molar-refractivity contribution in [3.63, 3.8) is 0 Å². The van der Waals surface area contributed by atoms with E-state index >= 15 is 0 Å². The second-order valence-electron chi connectivity index (χ2n) is 4.30. The van der Waals surface area contributed by atoms with Gasteiger partial charge in [0, 0.05) is 29.9 Å². The number of nitrogens with zero attached hydrogens (tertiary/aromatic N) is 1. The highest BCUT2D eigenvalue weighted by atomic mass is 35.5. The molecule has 1 aliphatic rings. The lowest BCUT2D eigenvalue weighted by Crippen LogP contribution is -2.35. The zero-order valence-electron chi connectivity index (χ0n) is 9.94. The van der Waals surface area contributed by atoms with Gasteiger partial charge in [0.2, 0.25) is 0 Å². The fourth-order valence-electron chi connectivity index (χ4n) is 2.26. The van der Waals surface area contributed by atoms with Gasteiger partial charge in [-0.05, 0) is 36.4 Å². The molecule has 4 heteroatoms. The monoisotopic (exact) mass is 270 g/mol. The van der Waals surface area contributed by atoms with Crippen LogP contribution in [0.3, 0.4) is 0 Å². The first kappa shape index (κ1) is 13.2. The second kappa shape index (κ2) is 6.64. The first-order chi connectivity index (χ1) is 8.31. The number of benzene rings is 1. The first-order valence-corrected chi connectivity index (χ1v) is 7.62. The van der Waals surface area contributed by atoms with Gasteiger partial charge in [-0.3, -0.25) is 4.90 Å². The molecule has 1 aromatic carbocycles. The van der Waals surface area contributed by atoms with Gasteiger partial charge in [-0.2, -0.15) is 11.8 Å². The zero-order chi connectivity index (χ0) is 12.1. The smallest absolute Gasteiger partial charge is 0.0470 e. The third-order valence-corrected chi connectivity index (χ3v) is 4.48. The molecule has 2 rings (SSSR count). The van der Waals surface area contributed by atoms with Gasteiger partial charge in [0.05, 0.1) is 0 Å². The number of hydrogen-bond acceptors (Lipinski definition) is 3. The van der Waals surface area contributed by atoms with E-state index in [0.29, 0.717) is 12.6 Å². The highest BCUT2D eigenvalue weighted by Crippen LogP contribution is 2.24. The van der Waals surface area contributed by atoms with Gasteiger partial charge in [-0.1, -0.05) is 23.7 Å². The van der Waals surface area contributed by atoms with Crippen molar-refractivity contribution in [2.24, 2.45) is 5.73 Å². The third kappa shape index (κ3) is 3.62. The van der Waals surface area contributed by atoms with Crippen LogP contribution in [0.15, 0.2) is 24.3 Å². The van der Waals surface area contributed by atoms with Crippen LogP contribution in [-0.4, -0.2) is 36.0 Å². The maximum absolute atomic E-state index is 5.94. The molecule has 1 saturated heterocycles. The van der Waals surface area contributed by atoms with Crippen molar-refractivity contribution >= 4 is 23.4 Å². The molecule has 1 heterocycles.